The lowest BCUT2D eigenvalue weighted by Crippen LogP contribution is -2.18. The molecule has 0 saturated heterocycles. The SMILES string of the molecule is Cc1cccc(CC2CCNc3ccccc32)c1. The minimum atomic E-state index is 0.657. The molecule has 1 heteroatoms. The zero-order valence-corrected chi connectivity index (χ0v) is 10.8. The molecule has 1 aliphatic heterocycles. The highest BCUT2D eigenvalue weighted by atomic mass is 14.9. The Balaban J connectivity index is 1.86. The average molecular weight is 237 g/mol. The third-order valence-corrected chi connectivity index (χ3v) is 3.77. The van der Waals surface area contributed by atoms with E-state index in [4.69, 9.17) is 0 Å². The highest BCUT2D eigenvalue weighted by Gasteiger charge is 2.19. The van der Waals surface area contributed by atoms with E-state index in [0.29, 0.717) is 5.92 Å². The first kappa shape index (κ1) is 11.3. The molecular weight excluding hydrogens is 218 g/mol. The molecule has 0 saturated carbocycles. The minimum Gasteiger partial charge on any atom is -0.385 e. The van der Waals surface area contributed by atoms with Crippen molar-refractivity contribution in [3.05, 3.63) is 65.2 Å². The molecule has 3 rings (SSSR count). The molecule has 0 aliphatic carbocycles. The lowest BCUT2D eigenvalue weighted by atomic mass is 9.86. The van der Waals surface area contributed by atoms with Crippen LogP contribution >= 0.6 is 0 Å². The molecule has 2 aromatic carbocycles. The average Bonchev–Trinajstić information content (AvgIpc) is 2.39. The molecule has 92 valence electrons. The second kappa shape index (κ2) is 4.85. The van der Waals surface area contributed by atoms with E-state index in [1.807, 2.05) is 0 Å². The molecule has 0 aromatic heterocycles. The first-order valence-corrected chi connectivity index (χ1v) is 6.71. The number of para-hydroxylation sites is 1. The van der Waals surface area contributed by atoms with Crippen molar-refractivity contribution in [1.29, 1.82) is 0 Å². The predicted octanol–water partition coefficient (Wildman–Crippen LogP) is 4.14. The summed E-state index contributed by atoms with van der Waals surface area (Å²) >= 11 is 0. The molecule has 1 unspecified atom stereocenters. The quantitative estimate of drug-likeness (QED) is 0.828. The number of hydrogen-bond acceptors (Lipinski definition) is 1. The van der Waals surface area contributed by atoms with Crippen LogP contribution in [0, 0.1) is 6.92 Å². The molecule has 0 bridgehead atoms. The monoisotopic (exact) mass is 237 g/mol. The molecule has 0 radical (unpaired) electrons. The Morgan fingerprint density at radius 3 is 2.89 bits per heavy atom. The lowest BCUT2D eigenvalue weighted by Gasteiger charge is -2.26. The number of hydrogen-bond donors (Lipinski definition) is 1. The van der Waals surface area contributed by atoms with Gasteiger partial charge in [-0.05, 0) is 42.9 Å². The van der Waals surface area contributed by atoms with Crippen molar-refractivity contribution in [3.63, 3.8) is 0 Å². The van der Waals surface area contributed by atoms with Gasteiger partial charge in [0.25, 0.3) is 0 Å². The standard InChI is InChI=1S/C17H19N/c1-13-5-4-6-14(11-13)12-15-9-10-18-17-8-3-2-7-16(15)17/h2-8,11,15,18H,9-10,12H2,1H3. The van der Waals surface area contributed by atoms with Crippen molar-refractivity contribution in [1.82, 2.24) is 0 Å². The third-order valence-electron chi connectivity index (χ3n) is 3.77. The van der Waals surface area contributed by atoms with Crippen LogP contribution in [-0.2, 0) is 6.42 Å². The molecule has 0 spiro atoms. The number of benzene rings is 2. The van der Waals surface area contributed by atoms with Gasteiger partial charge in [0.1, 0.15) is 0 Å². The van der Waals surface area contributed by atoms with Crippen LogP contribution in [0.15, 0.2) is 48.5 Å². The summed E-state index contributed by atoms with van der Waals surface area (Å²) in [7, 11) is 0. The second-order valence-corrected chi connectivity index (χ2v) is 5.19. The molecular formula is C17H19N. The number of nitrogens with one attached hydrogen (secondary N) is 1. The van der Waals surface area contributed by atoms with E-state index in [-0.39, 0.29) is 0 Å². The first-order chi connectivity index (χ1) is 8.83. The zero-order chi connectivity index (χ0) is 12.4. The van der Waals surface area contributed by atoms with Crippen molar-refractivity contribution in [2.75, 3.05) is 11.9 Å². The first-order valence-electron chi connectivity index (χ1n) is 6.71. The van der Waals surface area contributed by atoms with Gasteiger partial charge in [0, 0.05) is 12.2 Å². The van der Waals surface area contributed by atoms with Gasteiger partial charge in [-0.25, -0.2) is 0 Å². The highest BCUT2D eigenvalue weighted by molar-refractivity contribution is 5.55. The number of rotatable bonds is 2. The Bertz CT molecular complexity index is 545. The largest absolute Gasteiger partial charge is 0.385 e. The predicted molar refractivity (Wildman–Crippen MR) is 77.2 cm³/mol. The summed E-state index contributed by atoms with van der Waals surface area (Å²) in [5.41, 5.74) is 5.61. The molecule has 0 fully saturated rings. The maximum atomic E-state index is 3.49. The van der Waals surface area contributed by atoms with Gasteiger partial charge in [0.2, 0.25) is 0 Å². The van der Waals surface area contributed by atoms with E-state index in [0.717, 1.165) is 13.0 Å². The fourth-order valence-electron chi connectivity index (χ4n) is 2.89. The van der Waals surface area contributed by atoms with Gasteiger partial charge in [-0.3, -0.25) is 0 Å². The number of fused-ring (bicyclic) bond motifs is 1. The van der Waals surface area contributed by atoms with Crippen LogP contribution in [0.4, 0.5) is 5.69 Å². The maximum absolute atomic E-state index is 3.49. The molecule has 0 amide bonds. The summed E-state index contributed by atoms with van der Waals surface area (Å²) in [5.74, 6) is 0.657. The smallest absolute Gasteiger partial charge is 0.0375 e. The third kappa shape index (κ3) is 2.26. The van der Waals surface area contributed by atoms with Gasteiger partial charge in [0.15, 0.2) is 0 Å². The Kier molecular flexibility index (Phi) is 3.06. The zero-order valence-electron chi connectivity index (χ0n) is 10.8. The molecule has 18 heavy (non-hydrogen) atoms. The Labute approximate surface area is 109 Å². The Morgan fingerprint density at radius 1 is 1.11 bits per heavy atom. The highest BCUT2D eigenvalue weighted by Crippen LogP contribution is 2.33. The molecule has 1 heterocycles. The lowest BCUT2D eigenvalue weighted by molar-refractivity contribution is 0.624. The van der Waals surface area contributed by atoms with E-state index in [2.05, 4.69) is 60.8 Å². The fourth-order valence-corrected chi connectivity index (χ4v) is 2.89. The van der Waals surface area contributed by atoms with Crippen molar-refractivity contribution in [2.24, 2.45) is 0 Å². The summed E-state index contributed by atoms with van der Waals surface area (Å²) in [5, 5.41) is 3.49. The van der Waals surface area contributed by atoms with Crippen LogP contribution in [0.3, 0.4) is 0 Å². The van der Waals surface area contributed by atoms with Crippen LogP contribution < -0.4 is 5.32 Å². The van der Waals surface area contributed by atoms with E-state index in [1.54, 1.807) is 0 Å². The molecule has 1 atom stereocenters. The van der Waals surface area contributed by atoms with Crippen molar-refractivity contribution in [2.45, 2.75) is 25.7 Å². The van der Waals surface area contributed by atoms with Gasteiger partial charge in [-0.15, -0.1) is 0 Å². The summed E-state index contributed by atoms with van der Waals surface area (Å²) in [4.78, 5) is 0. The normalized spacial score (nSPS) is 17.9. The summed E-state index contributed by atoms with van der Waals surface area (Å²) < 4.78 is 0. The van der Waals surface area contributed by atoms with E-state index in [1.165, 1.54) is 28.8 Å². The van der Waals surface area contributed by atoms with Crippen molar-refractivity contribution in [3.8, 4) is 0 Å². The topological polar surface area (TPSA) is 12.0 Å². The van der Waals surface area contributed by atoms with Crippen LogP contribution in [0.1, 0.15) is 29.0 Å². The Morgan fingerprint density at radius 2 is 2.00 bits per heavy atom. The maximum Gasteiger partial charge on any atom is 0.0375 e. The van der Waals surface area contributed by atoms with E-state index < -0.39 is 0 Å². The van der Waals surface area contributed by atoms with Gasteiger partial charge < -0.3 is 5.32 Å². The van der Waals surface area contributed by atoms with Crippen LogP contribution in [0.2, 0.25) is 0 Å². The molecule has 1 N–H and O–H groups in total. The van der Waals surface area contributed by atoms with Gasteiger partial charge in [0.05, 0.1) is 0 Å². The summed E-state index contributed by atoms with van der Waals surface area (Å²) in [6, 6.07) is 17.6. The van der Waals surface area contributed by atoms with Crippen LogP contribution in [-0.4, -0.2) is 6.54 Å². The fraction of sp³-hybridized carbons (Fsp3) is 0.294. The summed E-state index contributed by atoms with van der Waals surface area (Å²) in [6.45, 7) is 3.26. The minimum absolute atomic E-state index is 0.657. The van der Waals surface area contributed by atoms with Crippen molar-refractivity contribution >= 4 is 5.69 Å². The Hall–Kier alpha value is -1.76. The van der Waals surface area contributed by atoms with Gasteiger partial charge in [-0.2, -0.15) is 0 Å². The van der Waals surface area contributed by atoms with Gasteiger partial charge >= 0.3 is 0 Å². The van der Waals surface area contributed by atoms with Gasteiger partial charge in [-0.1, -0.05) is 48.0 Å². The molecule has 2 aromatic rings. The van der Waals surface area contributed by atoms with Crippen molar-refractivity contribution < 1.29 is 0 Å². The van der Waals surface area contributed by atoms with Crippen LogP contribution in [0.5, 0.6) is 0 Å². The molecule has 1 aliphatic rings. The number of anilines is 1. The summed E-state index contributed by atoms with van der Waals surface area (Å²) in [6.07, 6.45) is 2.38. The van der Waals surface area contributed by atoms with E-state index in [9.17, 15) is 0 Å². The molecule has 1 nitrogen and oxygen atoms in total. The van der Waals surface area contributed by atoms with E-state index >= 15 is 0 Å². The second-order valence-electron chi connectivity index (χ2n) is 5.19. The van der Waals surface area contributed by atoms with Crippen LogP contribution in [0.25, 0.3) is 0 Å². The number of aryl methyl sites for hydroxylation is 1.